The summed E-state index contributed by atoms with van der Waals surface area (Å²) in [4.78, 5) is 35.2. The Kier molecular flexibility index (Phi) is 5.46. The van der Waals surface area contributed by atoms with Crippen molar-refractivity contribution in [1.29, 1.82) is 0 Å². The van der Waals surface area contributed by atoms with E-state index in [2.05, 4.69) is 5.32 Å². The third-order valence-electron chi connectivity index (χ3n) is 2.95. The fourth-order valence-corrected chi connectivity index (χ4v) is 1.77. The number of carbonyl (C=O) groups is 3. The van der Waals surface area contributed by atoms with Gasteiger partial charge in [-0.1, -0.05) is 18.2 Å². The number of benzene rings is 2. The predicted octanol–water partition coefficient (Wildman–Crippen LogP) is 1.81. The van der Waals surface area contributed by atoms with Crippen LogP contribution in [0.1, 0.15) is 20.7 Å². The molecule has 0 saturated carbocycles. The minimum Gasteiger partial charge on any atom is -0.497 e. The molecule has 0 heterocycles. The monoisotopic (exact) mass is 313 g/mol. The van der Waals surface area contributed by atoms with Gasteiger partial charge in [-0.05, 0) is 36.4 Å². The number of hydrogen-bond donors (Lipinski definition) is 1. The summed E-state index contributed by atoms with van der Waals surface area (Å²) >= 11 is 0. The minimum absolute atomic E-state index is 0.300. The van der Waals surface area contributed by atoms with Gasteiger partial charge in [0, 0.05) is 5.56 Å². The lowest BCUT2D eigenvalue weighted by Crippen LogP contribution is -2.34. The molecule has 0 fully saturated rings. The molecule has 118 valence electrons. The number of amides is 2. The first kappa shape index (κ1) is 16.2. The molecule has 1 N–H and O–H groups in total. The van der Waals surface area contributed by atoms with Crippen LogP contribution in [0, 0.1) is 0 Å². The SMILES string of the molecule is COc1ccc(C(=O)NC(=O)COC(=O)c2ccccc2)cc1. The van der Waals surface area contributed by atoms with E-state index < -0.39 is 24.4 Å². The van der Waals surface area contributed by atoms with E-state index in [1.165, 1.54) is 19.2 Å². The summed E-state index contributed by atoms with van der Waals surface area (Å²) in [6.45, 7) is -0.532. The Labute approximate surface area is 133 Å². The Bertz CT molecular complexity index is 695. The van der Waals surface area contributed by atoms with Gasteiger partial charge in [-0.25, -0.2) is 4.79 Å². The molecule has 0 radical (unpaired) electrons. The van der Waals surface area contributed by atoms with Gasteiger partial charge in [0.1, 0.15) is 5.75 Å². The van der Waals surface area contributed by atoms with Crippen LogP contribution in [-0.4, -0.2) is 31.5 Å². The van der Waals surface area contributed by atoms with Crippen LogP contribution in [0.5, 0.6) is 5.75 Å². The molecule has 0 bridgehead atoms. The topological polar surface area (TPSA) is 81.7 Å². The third kappa shape index (κ3) is 4.67. The first-order valence-electron chi connectivity index (χ1n) is 6.80. The fourth-order valence-electron chi connectivity index (χ4n) is 1.77. The Hall–Kier alpha value is -3.15. The fraction of sp³-hybridized carbons (Fsp3) is 0.118. The summed E-state index contributed by atoms with van der Waals surface area (Å²) in [6.07, 6.45) is 0. The summed E-state index contributed by atoms with van der Waals surface area (Å²) in [5, 5.41) is 2.14. The summed E-state index contributed by atoms with van der Waals surface area (Å²) in [5.41, 5.74) is 0.635. The van der Waals surface area contributed by atoms with Crippen LogP contribution in [0.25, 0.3) is 0 Å². The van der Waals surface area contributed by atoms with Gasteiger partial charge in [0.2, 0.25) is 0 Å². The van der Waals surface area contributed by atoms with Crippen molar-refractivity contribution in [1.82, 2.24) is 5.32 Å². The molecule has 0 aliphatic heterocycles. The first-order chi connectivity index (χ1) is 11.1. The van der Waals surface area contributed by atoms with Crippen LogP contribution in [0.4, 0.5) is 0 Å². The number of ether oxygens (including phenoxy) is 2. The van der Waals surface area contributed by atoms with E-state index in [1.54, 1.807) is 42.5 Å². The van der Waals surface area contributed by atoms with Crippen molar-refractivity contribution < 1.29 is 23.9 Å². The number of imide groups is 1. The third-order valence-corrected chi connectivity index (χ3v) is 2.95. The number of methoxy groups -OCH3 is 1. The van der Waals surface area contributed by atoms with E-state index in [9.17, 15) is 14.4 Å². The van der Waals surface area contributed by atoms with Gasteiger partial charge in [-0.2, -0.15) is 0 Å². The lowest BCUT2D eigenvalue weighted by Gasteiger charge is -2.06. The zero-order valence-corrected chi connectivity index (χ0v) is 12.4. The normalized spacial score (nSPS) is 9.78. The zero-order valence-electron chi connectivity index (χ0n) is 12.4. The van der Waals surface area contributed by atoms with E-state index in [0.717, 1.165) is 0 Å². The maximum atomic E-state index is 11.9. The second kappa shape index (κ2) is 7.74. The molecular formula is C17H15NO5. The second-order valence-electron chi connectivity index (χ2n) is 4.55. The molecule has 23 heavy (non-hydrogen) atoms. The molecule has 0 saturated heterocycles. The number of esters is 1. The lowest BCUT2D eigenvalue weighted by atomic mass is 10.2. The molecule has 0 aromatic heterocycles. The van der Waals surface area contributed by atoms with Gasteiger partial charge in [-0.3, -0.25) is 14.9 Å². The highest BCUT2D eigenvalue weighted by molar-refractivity contribution is 6.05. The second-order valence-corrected chi connectivity index (χ2v) is 4.55. The quantitative estimate of drug-likeness (QED) is 0.851. The summed E-state index contributed by atoms with van der Waals surface area (Å²) in [7, 11) is 1.51. The van der Waals surface area contributed by atoms with Crippen LogP contribution in [-0.2, 0) is 9.53 Å². The maximum Gasteiger partial charge on any atom is 0.338 e. The molecule has 0 aliphatic carbocycles. The molecule has 6 nitrogen and oxygen atoms in total. The first-order valence-corrected chi connectivity index (χ1v) is 6.80. The Morgan fingerprint density at radius 2 is 1.57 bits per heavy atom. The van der Waals surface area contributed by atoms with Gasteiger partial charge in [0.25, 0.3) is 11.8 Å². The number of rotatable bonds is 5. The van der Waals surface area contributed by atoms with Crippen LogP contribution >= 0.6 is 0 Å². The Balaban J connectivity index is 1.84. The minimum atomic E-state index is -0.699. The number of hydrogen-bond acceptors (Lipinski definition) is 5. The highest BCUT2D eigenvalue weighted by Crippen LogP contribution is 2.11. The van der Waals surface area contributed by atoms with Gasteiger partial charge in [0.05, 0.1) is 12.7 Å². The van der Waals surface area contributed by atoms with Crippen LogP contribution < -0.4 is 10.1 Å². The molecule has 0 atom stereocenters. The van der Waals surface area contributed by atoms with Gasteiger partial charge in [0.15, 0.2) is 6.61 Å². The Morgan fingerprint density at radius 1 is 0.913 bits per heavy atom. The van der Waals surface area contributed by atoms with Crippen molar-refractivity contribution in [3.63, 3.8) is 0 Å². The number of carbonyl (C=O) groups excluding carboxylic acids is 3. The largest absolute Gasteiger partial charge is 0.497 e. The van der Waals surface area contributed by atoms with E-state index in [-0.39, 0.29) is 0 Å². The molecule has 2 aromatic rings. The van der Waals surface area contributed by atoms with Gasteiger partial charge < -0.3 is 9.47 Å². The highest BCUT2D eigenvalue weighted by Gasteiger charge is 2.13. The predicted molar refractivity (Wildman–Crippen MR) is 82.2 cm³/mol. The zero-order chi connectivity index (χ0) is 16.7. The van der Waals surface area contributed by atoms with Crippen molar-refractivity contribution in [2.45, 2.75) is 0 Å². The van der Waals surface area contributed by atoms with E-state index in [4.69, 9.17) is 9.47 Å². The summed E-state index contributed by atoms with van der Waals surface area (Å²) in [6, 6.07) is 14.5. The molecule has 2 rings (SSSR count). The smallest absolute Gasteiger partial charge is 0.338 e. The standard InChI is InChI=1S/C17H15NO5/c1-22-14-9-7-12(8-10-14)16(20)18-15(19)11-23-17(21)13-5-3-2-4-6-13/h2-10H,11H2,1H3,(H,18,19,20). The van der Waals surface area contributed by atoms with Crippen molar-refractivity contribution in [2.24, 2.45) is 0 Å². The average molecular weight is 313 g/mol. The molecule has 0 spiro atoms. The molecule has 0 aliphatic rings. The molecule has 6 heteroatoms. The van der Waals surface area contributed by atoms with Crippen LogP contribution in [0.3, 0.4) is 0 Å². The Morgan fingerprint density at radius 3 is 2.17 bits per heavy atom. The van der Waals surface area contributed by atoms with Crippen molar-refractivity contribution in [3.05, 3.63) is 65.7 Å². The average Bonchev–Trinajstić information content (AvgIpc) is 2.60. The lowest BCUT2D eigenvalue weighted by molar-refractivity contribution is -0.123. The maximum absolute atomic E-state index is 11.9. The molecular weight excluding hydrogens is 298 g/mol. The highest BCUT2D eigenvalue weighted by atomic mass is 16.5. The molecule has 2 amide bonds. The number of nitrogens with one attached hydrogen (secondary N) is 1. The van der Waals surface area contributed by atoms with Gasteiger partial charge >= 0.3 is 5.97 Å². The molecule has 2 aromatic carbocycles. The summed E-state index contributed by atoms with van der Waals surface area (Å²) < 4.78 is 9.82. The molecule has 0 unspecified atom stereocenters. The van der Waals surface area contributed by atoms with E-state index in [1.807, 2.05) is 0 Å². The summed E-state index contributed by atoms with van der Waals surface area (Å²) in [5.74, 6) is -1.30. The van der Waals surface area contributed by atoms with Crippen LogP contribution in [0.2, 0.25) is 0 Å². The van der Waals surface area contributed by atoms with Crippen LogP contribution in [0.15, 0.2) is 54.6 Å². The van der Waals surface area contributed by atoms with Crippen molar-refractivity contribution >= 4 is 17.8 Å². The van der Waals surface area contributed by atoms with Gasteiger partial charge in [-0.15, -0.1) is 0 Å². The van der Waals surface area contributed by atoms with E-state index in [0.29, 0.717) is 16.9 Å². The van der Waals surface area contributed by atoms with E-state index >= 15 is 0 Å². The van der Waals surface area contributed by atoms with Crippen molar-refractivity contribution in [3.8, 4) is 5.75 Å². The van der Waals surface area contributed by atoms with Crippen molar-refractivity contribution in [2.75, 3.05) is 13.7 Å².